The van der Waals surface area contributed by atoms with Gasteiger partial charge in [0.2, 0.25) is 0 Å². The SMILES string of the molecule is CCN(CC1COc2ccccc2O1)C(=O)NCc1ccc(OC)c(C)c1. The van der Waals surface area contributed by atoms with Crippen LogP contribution in [0.5, 0.6) is 17.2 Å². The molecule has 1 heterocycles. The van der Waals surface area contributed by atoms with Crippen molar-refractivity contribution in [2.24, 2.45) is 0 Å². The van der Waals surface area contributed by atoms with Gasteiger partial charge in [-0.25, -0.2) is 4.79 Å². The van der Waals surface area contributed by atoms with Gasteiger partial charge in [-0.3, -0.25) is 0 Å². The van der Waals surface area contributed by atoms with Crippen LogP contribution >= 0.6 is 0 Å². The molecule has 2 aromatic rings. The van der Waals surface area contributed by atoms with Gasteiger partial charge in [0.1, 0.15) is 12.4 Å². The van der Waals surface area contributed by atoms with Crippen molar-refractivity contribution in [1.82, 2.24) is 10.2 Å². The molecule has 1 atom stereocenters. The molecule has 0 fully saturated rings. The second-order valence-electron chi connectivity index (χ2n) is 6.50. The first-order valence-electron chi connectivity index (χ1n) is 9.15. The highest BCUT2D eigenvalue weighted by atomic mass is 16.6. The summed E-state index contributed by atoms with van der Waals surface area (Å²) in [6, 6.07) is 13.4. The maximum Gasteiger partial charge on any atom is 0.317 e. The normalized spacial score (nSPS) is 15.1. The predicted octanol–water partition coefficient (Wildman–Crippen LogP) is 3.38. The lowest BCUT2D eigenvalue weighted by atomic mass is 10.1. The van der Waals surface area contributed by atoms with E-state index >= 15 is 0 Å². The molecular formula is C21H26N2O4. The Labute approximate surface area is 160 Å². The molecule has 0 radical (unpaired) electrons. The van der Waals surface area contributed by atoms with Crippen molar-refractivity contribution in [2.45, 2.75) is 26.5 Å². The van der Waals surface area contributed by atoms with Crippen LogP contribution in [0.15, 0.2) is 42.5 Å². The van der Waals surface area contributed by atoms with Crippen LogP contribution in [0.1, 0.15) is 18.1 Å². The van der Waals surface area contributed by atoms with Crippen LogP contribution in [0, 0.1) is 6.92 Å². The number of ether oxygens (including phenoxy) is 3. The van der Waals surface area contributed by atoms with Gasteiger partial charge in [-0.05, 0) is 43.2 Å². The van der Waals surface area contributed by atoms with Gasteiger partial charge in [-0.1, -0.05) is 24.3 Å². The third kappa shape index (κ3) is 4.64. The second kappa shape index (κ2) is 8.66. The summed E-state index contributed by atoms with van der Waals surface area (Å²) in [6.07, 6.45) is -0.186. The molecule has 1 N–H and O–H groups in total. The summed E-state index contributed by atoms with van der Waals surface area (Å²) in [4.78, 5) is 14.3. The minimum Gasteiger partial charge on any atom is -0.496 e. The zero-order chi connectivity index (χ0) is 19.2. The predicted molar refractivity (Wildman–Crippen MR) is 104 cm³/mol. The van der Waals surface area contributed by atoms with Crippen molar-refractivity contribution in [1.29, 1.82) is 0 Å². The van der Waals surface area contributed by atoms with Gasteiger partial charge in [0.25, 0.3) is 0 Å². The standard InChI is InChI=1S/C21H26N2O4/c1-4-23(13-17-14-26-19-7-5-6-8-20(19)27-17)21(24)22-12-16-9-10-18(25-3)15(2)11-16/h5-11,17H,4,12-14H2,1-3H3,(H,22,24). The van der Waals surface area contributed by atoms with E-state index < -0.39 is 0 Å². The lowest BCUT2D eigenvalue weighted by molar-refractivity contribution is 0.0675. The monoisotopic (exact) mass is 370 g/mol. The highest BCUT2D eigenvalue weighted by Gasteiger charge is 2.24. The van der Waals surface area contributed by atoms with E-state index in [1.54, 1.807) is 12.0 Å². The van der Waals surface area contributed by atoms with Crippen LogP contribution in [-0.4, -0.2) is 43.8 Å². The molecule has 1 unspecified atom stereocenters. The lowest BCUT2D eigenvalue weighted by Crippen LogP contribution is -2.47. The zero-order valence-corrected chi connectivity index (χ0v) is 16.0. The van der Waals surface area contributed by atoms with Crippen LogP contribution in [0.25, 0.3) is 0 Å². The number of para-hydroxylation sites is 2. The Bertz CT molecular complexity index is 794. The molecule has 6 heteroatoms. The third-order valence-electron chi connectivity index (χ3n) is 4.56. The molecule has 0 bridgehead atoms. The van der Waals surface area contributed by atoms with Crippen molar-refractivity contribution < 1.29 is 19.0 Å². The van der Waals surface area contributed by atoms with Gasteiger partial charge in [-0.2, -0.15) is 0 Å². The quantitative estimate of drug-likeness (QED) is 0.847. The lowest BCUT2D eigenvalue weighted by Gasteiger charge is -2.31. The Balaban J connectivity index is 1.54. The van der Waals surface area contributed by atoms with Crippen LogP contribution in [0.3, 0.4) is 0 Å². The number of urea groups is 1. The van der Waals surface area contributed by atoms with E-state index in [0.717, 1.165) is 28.4 Å². The summed E-state index contributed by atoms with van der Waals surface area (Å²) >= 11 is 0. The van der Waals surface area contributed by atoms with Crippen molar-refractivity contribution in [2.75, 3.05) is 26.8 Å². The molecule has 0 aliphatic carbocycles. The number of rotatable bonds is 6. The van der Waals surface area contributed by atoms with Crippen LogP contribution in [0.4, 0.5) is 4.79 Å². The highest BCUT2D eigenvalue weighted by molar-refractivity contribution is 5.74. The van der Waals surface area contributed by atoms with Gasteiger partial charge >= 0.3 is 6.03 Å². The minimum atomic E-state index is -0.186. The Hall–Kier alpha value is -2.89. The largest absolute Gasteiger partial charge is 0.496 e. The molecule has 0 spiro atoms. The number of nitrogens with one attached hydrogen (secondary N) is 1. The average molecular weight is 370 g/mol. The smallest absolute Gasteiger partial charge is 0.317 e. The Morgan fingerprint density at radius 1 is 1.26 bits per heavy atom. The summed E-state index contributed by atoms with van der Waals surface area (Å²) in [5, 5.41) is 2.97. The fourth-order valence-corrected chi connectivity index (χ4v) is 3.09. The van der Waals surface area contributed by atoms with Crippen molar-refractivity contribution >= 4 is 6.03 Å². The van der Waals surface area contributed by atoms with E-state index in [1.165, 1.54) is 0 Å². The maximum atomic E-state index is 12.6. The summed E-state index contributed by atoms with van der Waals surface area (Å²) in [5.41, 5.74) is 2.08. The van der Waals surface area contributed by atoms with Gasteiger partial charge in [0, 0.05) is 13.1 Å². The minimum absolute atomic E-state index is 0.117. The number of nitrogens with zero attached hydrogens (tertiary/aromatic N) is 1. The van der Waals surface area contributed by atoms with Crippen LogP contribution < -0.4 is 19.5 Å². The molecule has 6 nitrogen and oxygen atoms in total. The first-order valence-corrected chi connectivity index (χ1v) is 9.15. The van der Waals surface area contributed by atoms with E-state index in [9.17, 15) is 4.79 Å². The van der Waals surface area contributed by atoms with E-state index in [4.69, 9.17) is 14.2 Å². The average Bonchev–Trinajstić information content (AvgIpc) is 2.70. The van der Waals surface area contributed by atoms with Gasteiger partial charge < -0.3 is 24.4 Å². The van der Waals surface area contributed by atoms with Crippen LogP contribution in [-0.2, 0) is 6.54 Å². The first-order chi connectivity index (χ1) is 13.1. The first kappa shape index (κ1) is 18.9. The topological polar surface area (TPSA) is 60.0 Å². The second-order valence-corrected chi connectivity index (χ2v) is 6.50. The molecule has 0 aromatic heterocycles. The Morgan fingerprint density at radius 2 is 2.04 bits per heavy atom. The summed E-state index contributed by atoms with van der Waals surface area (Å²) in [7, 11) is 1.65. The van der Waals surface area contributed by atoms with Crippen molar-refractivity contribution in [3.8, 4) is 17.2 Å². The number of aryl methyl sites for hydroxylation is 1. The highest BCUT2D eigenvalue weighted by Crippen LogP contribution is 2.31. The van der Waals surface area contributed by atoms with E-state index in [1.807, 2.05) is 56.3 Å². The number of hydrogen-bond donors (Lipinski definition) is 1. The van der Waals surface area contributed by atoms with Gasteiger partial charge in [0.05, 0.1) is 13.7 Å². The van der Waals surface area contributed by atoms with Gasteiger partial charge in [-0.15, -0.1) is 0 Å². The molecule has 2 aromatic carbocycles. The molecule has 3 rings (SSSR count). The molecule has 2 amide bonds. The van der Waals surface area contributed by atoms with E-state index in [0.29, 0.717) is 26.2 Å². The number of benzene rings is 2. The fraction of sp³-hybridized carbons (Fsp3) is 0.381. The molecule has 1 aliphatic heterocycles. The number of carbonyl (C=O) groups is 1. The number of hydrogen-bond acceptors (Lipinski definition) is 4. The molecule has 1 aliphatic rings. The summed E-state index contributed by atoms with van der Waals surface area (Å²) in [6.45, 7) is 5.90. The molecule has 0 saturated heterocycles. The Kier molecular flexibility index (Phi) is 6.06. The zero-order valence-electron chi connectivity index (χ0n) is 16.0. The summed E-state index contributed by atoms with van der Waals surface area (Å²) < 4.78 is 17.0. The number of methoxy groups -OCH3 is 1. The molecule has 144 valence electrons. The number of fused-ring (bicyclic) bond motifs is 1. The van der Waals surface area contributed by atoms with Crippen molar-refractivity contribution in [3.05, 3.63) is 53.6 Å². The Morgan fingerprint density at radius 3 is 2.74 bits per heavy atom. The van der Waals surface area contributed by atoms with E-state index in [2.05, 4.69) is 5.32 Å². The van der Waals surface area contributed by atoms with Crippen molar-refractivity contribution in [3.63, 3.8) is 0 Å². The molecular weight excluding hydrogens is 344 g/mol. The molecule has 0 saturated carbocycles. The maximum absolute atomic E-state index is 12.6. The molecule has 27 heavy (non-hydrogen) atoms. The van der Waals surface area contributed by atoms with Gasteiger partial charge in [0.15, 0.2) is 17.6 Å². The fourth-order valence-electron chi connectivity index (χ4n) is 3.09. The number of carbonyl (C=O) groups excluding carboxylic acids is 1. The van der Waals surface area contributed by atoms with Crippen LogP contribution in [0.2, 0.25) is 0 Å². The number of amides is 2. The summed E-state index contributed by atoms with van der Waals surface area (Å²) in [5.74, 6) is 2.31. The van der Waals surface area contributed by atoms with E-state index in [-0.39, 0.29) is 12.1 Å². The third-order valence-corrected chi connectivity index (χ3v) is 4.56. The number of likely N-dealkylation sites (N-methyl/N-ethyl adjacent to an activating group) is 1.